The molecule has 1 aromatic carbocycles. The summed E-state index contributed by atoms with van der Waals surface area (Å²) in [4.78, 5) is 30.8. The average Bonchev–Trinajstić information content (AvgIpc) is 2.76. The molecular weight excluding hydrogens is 464 g/mol. The van der Waals surface area contributed by atoms with Gasteiger partial charge in [-0.05, 0) is 112 Å². The van der Waals surface area contributed by atoms with Crippen LogP contribution in [0.15, 0.2) is 24.3 Å². The highest BCUT2D eigenvalue weighted by Gasteiger charge is 2.30. The summed E-state index contributed by atoms with van der Waals surface area (Å²) < 4.78 is 0. The molecule has 0 aliphatic heterocycles. The van der Waals surface area contributed by atoms with Crippen LogP contribution in [-0.4, -0.2) is 33.9 Å². The van der Waals surface area contributed by atoms with E-state index in [9.17, 15) is 0 Å². The minimum Gasteiger partial charge on any atom is -0.252 e. The second-order valence-corrected chi connectivity index (χ2v) is 12.5. The summed E-state index contributed by atoms with van der Waals surface area (Å²) in [7, 11) is 0. The van der Waals surface area contributed by atoms with Gasteiger partial charge in [0.15, 0.2) is 0 Å². The van der Waals surface area contributed by atoms with E-state index in [2.05, 4.69) is 15.8 Å². The first-order chi connectivity index (χ1) is 16.2. The fraction of sp³-hybridized carbons (Fsp3) is 0.786. The van der Waals surface area contributed by atoms with E-state index in [1.807, 2.05) is 101 Å². The second kappa shape index (κ2) is 14.7. The van der Waals surface area contributed by atoms with Gasteiger partial charge in [0, 0.05) is 0 Å². The number of hydrogen-bond donors (Lipinski definition) is 2. The van der Waals surface area contributed by atoms with Crippen LogP contribution in [0.2, 0.25) is 0 Å². The van der Waals surface area contributed by atoms with E-state index in [0.717, 1.165) is 11.1 Å². The molecule has 0 bridgehead atoms. The summed E-state index contributed by atoms with van der Waals surface area (Å²) in [6.07, 6.45) is 0.958. The van der Waals surface area contributed by atoms with Crippen molar-refractivity contribution in [2.45, 2.75) is 137 Å². The Balaban J connectivity index is 0.000000860. The molecule has 0 radical (unpaired) electrons. The summed E-state index contributed by atoms with van der Waals surface area (Å²) in [6.45, 7) is 25.4. The Morgan fingerprint density at radius 3 is 1.36 bits per heavy atom. The summed E-state index contributed by atoms with van der Waals surface area (Å²) in [5.74, 6) is 0.265. The second-order valence-electron chi connectivity index (χ2n) is 12.5. The van der Waals surface area contributed by atoms with Gasteiger partial charge in [0.05, 0.1) is 23.4 Å². The standard InChI is InChI=1S/C20H34O4.C8H18O4/c1-17(2,3)21-23-19(7,8)15-12-11-13-16(14-15)20(9,10)24-22-18(4,5)6;1-6(2)8(12-10)5-4-7(3)11-9/h11-14H,1-10H3;6-10H,4-5H2,1-3H3. The van der Waals surface area contributed by atoms with Crippen LogP contribution in [-0.2, 0) is 40.5 Å². The van der Waals surface area contributed by atoms with Gasteiger partial charge in [-0.3, -0.25) is 10.5 Å². The van der Waals surface area contributed by atoms with Crippen LogP contribution in [0, 0.1) is 5.92 Å². The largest absolute Gasteiger partial charge is 0.252 e. The van der Waals surface area contributed by atoms with E-state index in [1.54, 1.807) is 6.92 Å². The third-order valence-electron chi connectivity index (χ3n) is 5.17. The lowest BCUT2D eigenvalue weighted by molar-refractivity contribution is -0.403. The Bertz CT molecular complexity index is 687. The minimum absolute atomic E-state index is 0.178. The van der Waals surface area contributed by atoms with E-state index in [4.69, 9.17) is 30.1 Å². The summed E-state index contributed by atoms with van der Waals surface area (Å²) >= 11 is 0. The molecule has 0 amide bonds. The van der Waals surface area contributed by atoms with Crippen molar-refractivity contribution < 1.29 is 39.8 Å². The Labute approximate surface area is 218 Å². The molecule has 0 saturated heterocycles. The van der Waals surface area contributed by atoms with Gasteiger partial charge in [0.25, 0.3) is 0 Å². The predicted molar refractivity (Wildman–Crippen MR) is 141 cm³/mol. The van der Waals surface area contributed by atoms with Crippen LogP contribution in [0.1, 0.15) is 114 Å². The van der Waals surface area contributed by atoms with Crippen molar-refractivity contribution in [1.82, 2.24) is 0 Å². The maximum atomic E-state index is 8.48. The molecule has 1 rings (SSSR count). The van der Waals surface area contributed by atoms with Crippen LogP contribution < -0.4 is 0 Å². The lowest BCUT2D eigenvalue weighted by Crippen LogP contribution is -2.31. The van der Waals surface area contributed by atoms with Gasteiger partial charge >= 0.3 is 0 Å². The summed E-state index contributed by atoms with van der Waals surface area (Å²) in [6, 6.07) is 8.11. The van der Waals surface area contributed by atoms with Crippen LogP contribution in [0.4, 0.5) is 0 Å². The van der Waals surface area contributed by atoms with Gasteiger partial charge in [-0.1, -0.05) is 32.0 Å². The van der Waals surface area contributed by atoms with Crippen LogP contribution in [0.5, 0.6) is 0 Å². The third kappa shape index (κ3) is 14.6. The van der Waals surface area contributed by atoms with E-state index >= 15 is 0 Å². The van der Waals surface area contributed by atoms with Gasteiger partial charge < -0.3 is 0 Å². The maximum Gasteiger partial charge on any atom is 0.123 e. The fourth-order valence-corrected chi connectivity index (χ4v) is 2.78. The molecule has 36 heavy (non-hydrogen) atoms. The van der Waals surface area contributed by atoms with Crippen molar-refractivity contribution >= 4 is 0 Å². The smallest absolute Gasteiger partial charge is 0.123 e. The van der Waals surface area contributed by atoms with Crippen molar-refractivity contribution in [1.29, 1.82) is 0 Å². The minimum atomic E-state index is -0.579. The van der Waals surface area contributed by atoms with Gasteiger partial charge in [0.2, 0.25) is 0 Å². The zero-order valence-corrected chi connectivity index (χ0v) is 24.8. The van der Waals surface area contributed by atoms with E-state index < -0.39 is 11.2 Å². The monoisotopic (exact) mass is 516 g/mol. The maximum absolute atomic E-state index is 8.48. The summed E-state index contributed by atoms with van der Waals surface area (Å²) in [5, 5.41) is 16.7. The van der Waals surface area contributed by atoms with Gasteiger partial charge in [-0.15, -0.1) is 0 Å². The highest BCUT2D eigenvalue weighted by Crippen LogP contribution is 2.32. The molecule has 212 valence electrons. The number of rotatable bonds is 12. The fourth-order valence-electron chi connectivity index (χ4n) is 2.78. The van der Waals surface area contributed by atoms with E-state index in [0.29, 0.717) is 12.8 Å². The Morgan fingerprint density at radius 2 is 1.06 bits per heavy atom. The topological polar surface area (TPSA) is 95.8 Å². The molecule has 0 saturated carbocycles. The first kappa shape index (κ1) is 34.9. The SMILES string of the molecule is CC(C)(C)OOC(C)(C)c1cccc(C(C)(C)OOC(C)(C)C)c1.CC(CCC(OO)C(C)C)OO. The lowest BCUT2D eigenvalue weighted by atomic mass is 9.91. The third-order valence-corrected chi connectivity index (χ3v) is 5.17. The molecule has 8 heteroatoms. The van der Waals surface area contributed by atoms with Crippen LogP contribution >= 0.6 is 0 Å². The van der Waals surface area contributed by atoms with Crippen molar-refractivity contribution in [3.05, 3.63) is 35.4 Å². The molecule has 2 atom stereocenters. The number of hydrogen-bond acceptors (Lipinski definition) is 8. The molecule has 0 spiro atoms. The zero-order chi connectivity index (χ0) is 28.4. The molecule has 0 aliphatic carbocycles. The molecule has 0 fully saturated rings. The molecular formula is C28H52O8. The van der Waals surface area contributed by atoms with Crippen molar-refractivity contribution in [3.63, 3.8) is 0 Å². The highest BCUT2D eigenvalue weighted by atomic mass is 17.2. The van der Waals surface area contributed by atoms with Gasteiger partial charge in [-0.2, -0.15) is 0 Å². The predicted octanol–water partition coefficient (Wildman–Crippen LogP) is 7.81. The van der Waals surface area contributed by atoms with Gasteiger partial charge in [0.1, 0.15) is 11.2 Å². The van der Waals surface area contributed by atoms with Crippen molar-refractivity contribution in [2.24, 2.45) is 5.92 Å². The molecule has 8 nitrogen and oxygen atoms in total. The van der Waals surface area contributed by atoms with E-state index in [-0.39, 0.29) is 29.3 Å². The molecule has 1 aromatic rings. The van der Waals surface area contributed by atoms with Crippen molar-refractivity contribution in [2.75, 3.05) is 0 Å². The lowest BCUT2D eigenvalue weighted by Gasteiger charge is -2.32. The summed E-state index contributed by atoms with van der Waals surface area (Å²) in [5.41, 5.74) is 0.137. The van der Waals surface area contributed by atoms with E-state index in [1.165, 1.54) is 0 Å². The Morgan fingerprint density at radius 1 is 0.639 bits per heavy atom. The average molecular weight is 517 g/mol. The quantitative estimate of drug-likeness (QED) is 0.214. The molecule has 2 N–H and O–H groups in total. The molecule has 2 unspecified atom stereocenters. The molecule has 0 aromatic heterocycles. The Hall–Kier alpha value is -1.10. The normalized spacial score (nSPS) is 14.9. The first-order valence-electron chi connectivity index (χ1n) is 12.7. The first-order valence-corrected chi connectivity index (χ1v) is 12.7. The van der Waals surface area contributed by atoms with Crippen LogP contribution in [0.3, 0.4) is 0 Å². The highest BCUT2D eigenvalue weighted by molar-refractivity contribution is 5.30. The zero-order valence-electron chi connectivity index (χ0n) is 24.8. The molecule has 0 aliphatic rings. The Kier molecular flexibility index (Phi) is 14.3. The van der Waals surface area contributed by atoms with Crippen molar-refractivity contribution in [3.8, 4) is 0 Å². The van der Waals surface area contributed by atoms with Crippen LogP contribution in [0.25, 0.3) is 0 Å². The molecule has 0 heterocycles. The van der Waals surface area contributed by atoms with Gasteiger partial charge in [-0.25, -0.2) is 29.3 Å². The number of benzene rings is 1.